The number of carbonyl (C=O) groups is 1. The molecule has 3 unspecified atom stereocenters. The molecule has 5 heteroatoms. The van der Waals surface area contributed by atoms with Crippen molar-refractivity contribution in [1.82, 2.24) is 0 Å². The van der Waals surface area contributed by atoms with Crippen LogP contribution in [0.3, 0.4) is 0 Å². The van der Waals surface area contributed by atoms with E-state index in [2.05, 4.69) is 5.32 Å². The second kappa shape index (κ2) is 4.70. The number of anilines is 1. The predicted molar refractivity (Wildman–Crippen MR) is 83.4 cm³/mol. The van der Waals surface area contributed by atoms with Crippen LogP contribution in [0.15, 0.2) is 18.2 Å². The van der Waals surface area contributed by atoms with Crippen molar-refractivity contribution in [3.05, 3.63) is 28.8 Å². The molecule has 3 N–H and O–H groups in total. The first-order chi connectivity index (χ1) is 9.78. The summed E-state index contributed by atoms with van der Waals surface area (Å²) >= 11 is 6.10. The Hall–Kier alpha value is -1.10. The number of aryl methyl sites for hydroxylation is 1. The van der Waals surface area contributed by atoms with E-state index in [0.717, 1.165) is 12.0 Å². The minimum atomic E-state index is -0.897. The van der Waals surface area contributed by atoms with Crippen molar-refractivity contribution < 1.29 is 9.53 Å². The third-order valence-corrected chi connectivity index (χ3v) is 5.67. The van der Waals surface area contributed by atoms with Crippen molar-refractivity contribution in [3.8, 4) is 0 Å². The molecule has 1 aromatic rings. The number of amides is 1. The van der Waals surface area contributed by atoms with Gasteiger partial charge in [0.2, 0.25) is 5.91 Å². The van der Waals surface area contributed by atoms with Crippen LogP contribution in [0.5, 0.6) is 0 Å². The van der Waals surface area contributed by atoms with Crippen molar-refractivity contribution in [3.63, 3.8) is 0 Å². The molecule has 1 heterocycles. The van der Waals surface area contributed by atoms with Gasteiger partial charge >= 0.3 is 0 Å². The van der Waals surface area contributed by atoms with Gasteiger partial charge < -0.3 is 15.8 Å². The van der Waals surface area contributed by atoms with Crippen LogP contribution >= 0.6 is 11.6 Å². The SMILES string of the molecule is Cc1ccc(NC(=O)C2(N)C3CCOC3C2(C)C)cc1Cl. The quantitative estimate of drug-likeness (QED) is 0.883. The number of rotatable bonds is 2. The molecule has 21 heavy (non-hydrogen) atoms. The molecule has 1 saturated heterocycles. The van der Waals surface area contributed by atoms with E-state index >= 15 is 0 Å². The van der Waals surface area contributed by atoms with E-state index in [0.29, 0.717) is 17.3 Å². The van der Waals surface area contributed by atoms with Crippen LogP contribution in [-0.4, -0.2) is 24.2 Å². The molecule has 0 aromatic heterocycles. The largest absolute Gasteiger partial charge is 0.377 e. The Morgan fingerprint density at radius 2 is 2.19 bits per heavy atom. The minimum absolute atomic E-state index is 0.0786. The van der Waals surface area contributed by atoms with Crippen LogP contribution in [0.1, 0.15) is 25.8 Å². The first kappa shape index (κ1) is 14.8. The van der Waals surface area contributed by atoms with E-state index < -0.39 is 5.54 Å². The number of hydrogen-bond acceptors (Lipinski definition) is 3. The Balaban J connectivity index is 1.83. The van der Waals surface area contributed by atoms with Gasteiger partial charge in [0.1, 0.15) is 5.54 Å². The number of hydrogen-bond donors (Lipinski definition) is 2. The van der Waals surface area contributed by atoms with Crippen LogP contribution in [-0.2, 0) is 9.53 Å². The summed E-state index contributed by atoms with van der Waals surface area (Å²) in [6, 6.07) is 5.48. The molecule has 2 fully saturated rings. The lowest BCUT2D eigenvalue weighted by Gasteiger charge is -2.60. The van der Waals surface area contributed by atoms with E-state index in [-0.39, 0.29) is 23.3 Å². The molecular formula is C16H21ClN2O2. The first-order valence-electron chi connectivity index (χ1n) is 7.26. The van der Waals surface area contributed by atoms with Crippen molar-refractivity contribution in [2.75, 3.05) is 11.9 Å². The Bertz CT molecular complexity index is 602. The predicted octanol–water partition coefficient (Wildman–Crippen LogP) is 2.73. The van der Waals surface area contributed by atoms with Gasteiger partial charge in [-0.3, -0.25) is 4.79 Å². The minimum Gasteiger partial charge on any atom is -0.377 e. The van der Waals surface area contributed by atoms with E-state index in [1.807, 2.05) is 32.9 Å². The summed E-state index contributed by atoms with van der Waals surface area (Å²) < 4.78 is 5.72. The lowest BCUT2D eigenvalue weighted by Crippen LogP contribution is -2.79. The Morgan fingerprint density at radius 3 is 2.86 bits per heavy atom. The highest BCUT2D eigenvalue weighted by Crippen LogP contribution is 2.58. The van der Waals surface area contributed by atoms with Crippen molar-refractivity contribution in [1.29, 1.82) is 0 Å². The summed E-state index contributed by atoms with van der Waals surface area (Å²) in [5.41, 5.74) is 6.89. The number of nitrogens with one attached hydrogen (secondary N) is 1. The van der Waals surface area contributed by atoms with Gasteiger partial charge in [-0.1, -0.05) is 31.5 Å². The zero-order chi connectivity index (χ0) is 15.4. The zero-order valence-corrected chi connectivity index (χ0v) is 13.3. The van der Waals surface area contributed by atoms with Gasteiger partial charge in [-0.2, -0.15) is 0 Å². The Labute approximate surface area is 130 Å². The molecular weight excluding hydrogens is 288 g/mol. The van der Waals surface area contributed by atoms with Gasteiger partial charge in [-0.25, -0.2) is 0 Å². The monoisotopic (exact) mass is 308 g/mol. The molecule has 3 atom stereocenters. The number of fused-ring (bicyclic) bond motifs is 1. The molecule has 0 bridgehead atoms. The van der Waals surface area contributed by atoms with Crippen LogP contribution in [0.4, 0.5) is 5.69 Å². The highest BCUT2D eigenvalue weighted by molar-refractivity contribution is 6.31. The molecule has 1 aliphatic heterocycles. The van der Waals surface area contributed by atoms with E-state index in [9.17, 15) is 4.79 Å². The number of ether oxygens (including phenoxy) is 1. The van der Waals surface area contributed by atoms with E-state index in [1.165, 1.54) is 0 Å². The third kappa shape index (κ3) is 1.93. The normalized spacial score (nSPS) is 33.2. The van der Waals surface area contributed by atoms with Crippen molar-refractivity contribution in [2.24, 2.45) is 17.1 Å². The van der Waals surface area contributed by atoms with Gasteiger partial charge in [-0.05, 0) is 31.0 Å². The second-order valence-electron chi connectivity index (χ2n) is 6.70. The number of halogens is 1. The van der Waals surface area contributed by atoms with Gasteiger partial charge in [-0.15, -0.1) is 0 Å². The van der Waals surface area contributed by atoms with Crippen LogP contribution < -0.4 is 11.1 Å². The molecule has 1 amide bonds. The molecule has 2 aliphatic rings. The lowest BCUT2D eigenvalue weighted by atomic mass is 9.48. The number of nitrogens with two attached hydrogens (primary N) is 1. The Morgan fingerprint density at radius 1 is 1.48 bits per heavy atom. The standard InChI is InChI=1S/C16H21ClN2O2/c1-9-4-5-10(8-12(9)17)19-14(20)16(18)11-6-7-21-13(11)15(16,2)3/h4-5,8,11,13H,6-7,18H2,1-3H3,(H,19,20). The summed E-state index contributed by atoms with van der Waals surface area (Å²) in [6.07, 6.45) is 0.919. The average Bonchev–Trinajstić information content (AvgIpc) is 2.90. The van der Waals surface area contributed by atoms with Gasteiger partial charge in [0.25, 0.3) is 0 Å². The molecule has 1 aliphatic carbocycles. The zero-order valence-electron chi connectivity index (χ0n) is 12.6. The molecule has 0 spiro atoms. The highest BCUT2D eigenvalue weighted by atomic mass is 35.5. The summed E-state index contributed by atoms with van der Waals surface area (Å²) in [6.45, 7) is 6.61. The van der Waals surface area contributed by atoms with Gasteiger partial charge in [0.05, 0.1) is 6.10 Å². The molecule has 1 saturated carbocycles. The molecule has 1 aromatic carbocycles. The second-order valence-corrected chi connectivity index (χ2v) is 7.10. The first-order valence-corrected chi connectivity index (χ1v) is 7.64. The fourth-order valence-electron chi connectivity index (χ4n) is 3.75. The maximum absolute atomic E-state index is 12.7. The van der Waals surface area contributed by atoms with Crippen molar-refractivity contribution >= 4 is 23.2 Å². The summed E-state index contributed by atoms with van der Waals surface area (Å²) in [5.74, 6) is -0.0624. The molecule has 114 valence electrons. The summed E-state index contributed by atoms with van der Waals surface area (Å²) in [7, 11) is 0. The lowest BCUT2D eigenvalue weighted by molar-refractivity contribution is -0.170. The average molecular weight is 309 g/mol. The van der Waals surface area contributed by atoms with Crippen LogP contribution in [0.25, 0.3) is 0 Å². The number of carbonyl (C=O) groups excluding carboxylic acids is 1. The van der Waals surface area contributed by atoms with E-state index in [4.69, 9.17) is 22.1 Å². The van der Waals surface area contributed by atoms with Crippen molar-refractivity contribution in [2.45, 2.75) is 38.8 Å². The van der Waals surface area contributed by atoms with Crippen LogP contribution in [0.2, 0.25) is 5.02 Å². The topological polar surface area (TPSA) is 64.4 Å². The molecule has 3 rings (SSSR count). The van der Waals surface area contributed by atoms with Crippen LogP contribution in [0, 0.1) is 18.3 Å². The molecule has 4 nitrogen and oxygen atoms in total. The highest BCUT2D eigenvalue weighted by Gasteiger charge is 2.71. The van der Waals surface area contributed by atoms with E-state index in [1.54, 1.807) is 6.07 Å². The third-order valence-electron chi connectivity index (χ3n) is 5.26. The Kier molecular flexibility index (Phi) is 3.32. The molecule has 0 radical (unpaired) electrons. The summed E-state index contributed by atoms with van der Waals surface area (Å²) in [5, 5.41) is 3.55. The van der Waals surface area contributed by atoms with Gasteiger partial charge in [0.15, 0.2) is 0 Å². The maximum atomic E-state index is 12.7. The fraction of sp³-hybridized carbons (Fsp3) is 0.562. The number of benzene rings is 1. The smallest absolute Gasteiger partial charge is 0.245 e. The maximum Gasteiger partial charge on any atom is 0.245 e. The van der Waals surface area contributed by atoms with Gasteiger partial charge in [0, 0.05) is 28.6 Å². The fourth-order valence-corrected chi connectivity index (χ4v) is 3.93. The summed E-state index contributed by atoms with van der Waals surface area (Å²) in [4.78, 5) is 12.7.